The summed E-state index contributed by atoms with van der Waals surface area (Å²) in [5, 5.41) is 9.84. The normalized spacial score (nSPS) is 18.7. The Bertz CT molecular complexity index is 1360. The van der Waals surface area contributed by atoms with Gasteiger partial charge in [0.2, 0.25) is 5.91 Å². The first kappa shape index (κ1) is 21.9. The molecule has 0 bridgehead atoms. The number of benzene rings is 2. The lowest BCUT2D eigenvalue weighted by Gasteiger charge is -2.34. The number of hydrogen-bond donors (Lipinski definition) is 1. The van der Waals surface area contributed by atoms with E-state index >= 15 is 0 Å². The molecule has 2 aromatic heterocycles. The molecule has 35 heavy (non-hydrogen) atoms. The number of carbonyl (C=O) groups is 1. The highest BCUT2D eigenvalue weighted by atomic mass is 19.1. The van der Waals surface area contributed by atoms with Crippen molar-refractivity contribution in [3.05, 3.63) is 83.1 Å². The van der Waals surface area contributed by atoms with Crippen molar-refractivity contribution in [2.45, 2.75) is 32.2 Å². The average molecular weight is 475 g/mol. The van der Waals surface area contributed by atoms with E-state index in [1.54, 1.807) is 6.07 Å². The zero-order valence-electron chi connectivity index (χ0n) is 19.4. The summed E-state index contributed by atoms with van der Waals surface area (Å²) < 4.78 is 21.5. The van der Waals surface area contributed by atoms with E-state index < -0.39 is 0 Å². The van der Waals surface area contributed by atoms with Gasteiger partial charge in [-0.15, -0.1) is 5.10 Å². The number of piperazine rings is 1. The molecular weight excluding hydrogens is 447 g/mol. The van der Waals surface area contributed by atoms with Crippen molar-refractivity contribution >= 4 is 16.8 Å². The highest BCUT2D eigenvalue weighted by Crippen LogP contribution is 2.28. The molecule has 0 aliphatic carbocycles. The van der Waals surface area contributed by atoms with Gasteiger partial charge in [0.05, 0.1) is 25.3 Å². The van der Waals surface area contributed by atoms with Crippen LogP contribution in [0.25, 0.3) is 10.9 Å². The summed E-state index contributed by atoms with van der Waals surface area (Å²) in [6.45, 7) is 4.56. The van der Waals surface area contributed by atoms with E-state index in [0.717, 1.165) is 46.5 Å². The van der Waals surface area contributed by atoms with Crippen molar-refractivity contribution in [1.82, 2.24) is 29.8 Å². The number of aromatic nitrogens is 4. The maximum atomic E-state index is 13.6. The van der Waals surface area contributed by atoms with Crippen molar-refractivity contribution in [1.29, 1.82) is 0 Å². The fourth-order valence-corrected chi connectivity index (χ4v) is 5.01. The third-order valence-electron chi connectivity index (χ3n) is 7.01. The van der Waals surface area contributed by atoms with Gasteiger partial charge in [0.1, 0.15) is 17.6 Å². The Hall–Kier alpha value is -3.56. The number of hydrogen-bond acceptors (Lipinski definition) is 5. The Kier molecular flexibility index (Phi) is 5.79. The fraction of sp³-hybridized carbons (Fsp3) is 0.346. The average Bonchev–Trinajstić information content (AvgIpc) is 3.48. The minimum absolute atomic E-state index is 0.159. The van der Waals surface area contributed by atoms with Crippen LogP contribution >= 0.6 is 0 Å². The Balaban J connectivity index is 1.04. The largest absolute Gasteiger partial charge is 0.365 e. The summed E-state index contributed by atoms with van der Waals surface area (Å²) in [7, 11) is 0. The number of ether oxygens (including phenoxy) is 1. The Morgan fingerprint density at radius 3 is 2.83 bits per heavy atom. The van der Waals surface area contributed by atoms with Crippen LogP contribution in [-0.2, 0) is 35.6 Å². The van der Waals surface area contributed by atoms with Crippen LogP contribution in [0.1, 0.15) is 28.6 Å². The van der Waals surface area contributed by atoms with Crippen LogP contribution in [0, 0.1) is 5.82 Å². The van der Waals surface area contributed by atoms with Crippen molar-refractivity contribution < 1.29 is 13.9 Å². The number of rotatable bonds is 5. The molecule has 1 fully saturated rings. The predicted molar refractivity (Wildman–Crippen MR) is 128 cm³/mol. The number of para-hydroxylation sites is 1. The van der Waals surface area contributed by atoms with Crippen LogP contribution < -0.4 is 0 Å². The van der Waals surface area contributed by atoms with Gasteiger partial charge in [-0.25, -0.2) is 9.07 Å². The fourth-order valence-electron chi connectivity index (χ4n) is 5.01. The lowest BCUT2D eigenvalue weighted by Crippen LogP contribution is -2.48. The predicted octanol–water partition coefficient (Wildman–Crippen LogP) is 3.06. The highest BCUT2D eigenvalue weighted by Gasteiger charge is 2.27. The topological polar surface area (TPSA) is 79.3 Å². The molecule has 4 heterocycles. The molecule has 6 rings (SSSR count). The maximum Gasteiger partial charge on any atom is 0.227 e. The van der Waals surface area contributed by atoms with Gasteiger partial charge in [-0.3, -0.25) is 9.69 Å². The molecule has 1 N–H and O–H groups in total. The summed E-state index contributed by atoms with van der Waals surface area (Å²) in [6.07, 6.45) is 2.11. The molecule has 2 aromatic carbocycles. The summed E-state index contributed by atoms with van der Waals surface area (Å²) in [6, 6.07) is 14.6. The van der Waals surface area contributed by atoms with Gasteiger partial charge in [0.15, 0.2) is 0 Å². The third-order valence-corrected chi connectivity index (χ3v) is 7.01. The molecule has 2 aliphatic rings. The first-order valence-electron chi connectivity index (χ1n) is 12.0. The van der Waals surface area contributed by atoms with Gasteiger partial charge < -0.3 is 14.6 Å². The monoisotopic (exact) mass is 474 g/mol. The summed E-state index contributed by atoms with van der Waals surface area (Å²) >= 11 is 0. The smallest absolute Gasteiger partial charge is 0.227 e. The SMILES string of the molecule is O=C(Cc1c[nH]c2ccccc12)N1CCN(Cc2nnn3c2CO[C@H](c2cccc(F)c2)C3)CC1. The molecule has 1 amide bonds. The van der Waals surface area contributed by atoms with E-state index in [2.05, 4.69) is 26.3 Å². The van der Waals surface area contributed by atoms with Crippen molar-refractivity contribution in [2.24, 2.45) is 0 Å². The number of halogens is 1. The molecule has 4 aromatic rings. The number of amides is 1. The molecule has 1 atom stereocenters. The molecular formula is C26H27FN6O2. The highest BCUT2D eigenvalue weighted by molar-refractivity contribution is 5.88. The minimum Gasteiger partial charge on any atom is -0.365 e. The second kappa shape index (κ2) is 9.24. The maximum absolute atomic E-state index is 13.6. The van der Waals surface area contributed by atoms with Gasteiger partial charge in [-0.05, 0) is 29.3 Å². The zero-order valence-corrected chi connectivity index (χ0v) is 19.4. The standard InChI is InChI=1S/C26H27FN6O2/c27-20-5-3-4-18(12-20)25-16-33-24(17-35-25)23(29-30-33)15-31-8-10-32(11-9-31)26(34)13-19-14-28-22-7-2-1-6-21(19)22/h1-7,12,14,25,28H,8-11,13,15-17H2/t25-/m0/s1. The molecule has 9 heteroatoms. The van der Waals surface area contributed by atoms with Gasteiger partial charge in [0.25, 0.3) is 0 Å². The van der Waals surface area contributed by atoms with E-state index in [1.807, 2.05) is 40.0 Å². The molecule has 2 aliphatic heterocycles. The third kappa shape index (κ3) is 4.44. The number of nitrogens with zero attached hydrogens (tertiary/aromatic N) is 5. The van der Waals surface area contributed by atoms with Crippen LogP contribution in [-0.4, -0.2) is 61.9 Å². The van der Waals surface area contributed by atoms with Crippen molar-refractivity contribution in [2.75, 3.05) is 26.2 Å². The molecule has 0 spiro atoms. The van der Waals surface area contributed by atoms with Gasteiger partial charge in [-0.1, -0.05) is 35.5 Å². The molecule has 0 unspecified atom stereocenters. The Labute approximate surface area is 202 Å². The van der Waals surface area contributed by atoms with Gasteiger partial charge >= 0.3 is 0 Å². The number of carbonyl (C=O) groups excluding carboxylic acids is 1. The zero-order chi connectivity index (χ0) is 23.8. The molecule has 0 radical (unpaired) electrons. The summed E-state index contributed by atoms with van der Waals surface area (Å²) in [5.74, 6) is -0.109. The van der Waals surface area contributed by atoms with Crippen LogP contribution in [0.3, 0.4) is 0 Å². The quantitative estimate of drug-likeness (QED) is 0.481. The number of nitrogens with one attached hydrogen (secondary N) is 1. The first-order chi connectivity index (χ1) is 17.1. The minimum atomic E-state index is -0.268. The van der Waals surface area contributed by atoms with Gasteiger partial charge in [0, 0.05) is 49.8 Å². The van der Waals surface area contributed by atoms with Gasteiger partial charge in [-0.2, -0.15) is 0 Å². The van der Waals surface area contributed by atoms with Crippen LogP contribution in [0.15, 0.2) is 54.7 Å². The molecule has 180 valence electrons. The van der Waals surface area contributed by atoms with Crippen LogP contribution in [0.2, 0.25) is 0 Å². The number of fused-ring (bicyclic) bond motifs is 2. The number of H-pyrrole nitrogens is 1. The summed E-state index contributed by atoms with van der Waals surface area (Å²) in [4.78, 5) is 20.4. The van der Waals surface area contributed by atoms with Crippen molar-refractivity contribution in [3.63, 3.8) is 0 Å². The van der Waals surface area contributed by atoms with Crippen LogP contribution in [0.5, 0.6) is 0 Å². The molecule has 8 nitrogen and oxygen atoms in total. The van der Waals surface area contributed by atoms with E-state index in [0.29, 0.717) is 39.2 Å². The number of aromatic amines is 1. The Morgan fingerprint density at radius 2 is 1.97 bits per heavy atom. The van der Waals surface area contributed by atoms with E-state index in [-0.39, 0.29) is 17.8 Å². The van der Waals surface area contributed by atoms with E-state index in [9.17, 15) is 9.18 Å². The second-order valence-electron chi connectivity index (χ2n) is 9.21. The van der Waals surface area contributed by atoms with E-state index in [4.69, 9.17) is 4.74 Å². The molecule has 1 saturated heterocycles. The van der Waals surface area contributed by atoms with E-state index in [1.165, 1.54) is 12.1 Å². The molecule has 0 saturated carbocycles. The van der Waals surface area contributed by atoms with Crippen LogP contribution in [0.4, 0.5) is 4.39 Å². The lowest BCUT2D eigenvalue weighted by atomic mass is 10.1. The van der Waals surface area contributed by atoms with Crippen molar-refractivity contribution in [3.8, 4) is 0 Å². The Morgan fingerprint density at radius 1 is 1.11 bits per heavy atom. The lowest BCUT2D eigenvalue weighted by molar-refractivity contribution is -0.132. The summed E-state index contributed by atoms with van der Waals surface area (Å²) in [5.41, 5.74) is 4.78. The second-order valence-corrected chi connectivity index (χ2v) is 9.21. The first-order valence-corrected chi connectivity index (χ1v) is 12.0.